The van der Waals surface area contributed by atoms with Gasteiger partial charge >= 0.3 is 0 Å². The van der Waals surface area contributed by atoms with Crippen LogP contribution in [0, 0.1) is 28.9 Å². The highest BCUT2D eigenvalue weighted by molar-refractivity contribution is 5.94. The van der Waals surface area contributed by atoms with Gasteiger partial charge in [0.15, 0.2) is 0 Å². The summed E-state index contributed by atoms with van der Waals surface area (Å²) < 4.78 is 26.0. The molecular weight excluding hydrogens is 238 g/mol. The minimum atomic E-state index is -0.759. The smallest absolute Gasteiger partial charge is 0.254 e. The highest BCUT2D eigenvalue weighted by Crippen LogP contribution is 2.19. The van der Waals surface area contributed by atoms with Gasteiger partial charge in [0.1, 0.15) is 11.6 Å². The summed E-state index contributed by atoms with van der Waals surface area (Å²) in [7, 11) is 0. The van der Waals surface area contributed by atoms with Crippen LogP contribution in [0.15, 0.2) is 18.2 Å². The summed E-state index contributed by atoms with van der Waals surface area (Å²) in [6, 6.07) is 4.96. The number of likely N-dealkylation sites (tertiary alicyclic amines) is 1. The quantitative estimate of drug-likeness (QED) is 0.767. The van der Waals surface area contributed by atoms with E-state index >= 15 is 0 Å². The maximum absolute atomic E-state index is 13.0. The minimum Gasteiger partial charge on any atom is -0.339 e. The molecule has 0 aliphatic carbocycles. The van der Waals surface area contributed by atoms with Crippen LogP contribution in [0.25, 0.3) is 0 Å². The van der Waals surface area contributed by atoms with Crippen molar-refractivity contribution in [1.29, 1.82) is 5.26 Å². The van der Waals surface area contributed by atoms with Crippen molar-refractivity contribution in [3.63, 3.8) is 0 Å². The van der Waals surface area contributed by atoms with E-state index in [1.807, 2.05) is 0 Å². The van der Waals surface area contributed by atoms with Crippen molar-refractivity contribution >= 4 is 5.91 Å². The zero-order chi connectivity index (χ0) is 13.1. The van der Waals surface area contributed by atoms with E-state index in [1.165, 1.54) is 4.90 Å². The SMILES string of the molecule is N#CC1CCN(C(=O)c2cc(F)cc(F)c2)CC1. The molecule has 0 radical (unpaired) electrons. The molecule has 3 nitrogen and oxygen atoms in total. The molecule has 1 aromatic carbocycles. The van der Waals surface area contributed by atoms with E-state index in [0.717, 1.165) is 18.2 Å². The van der Waals surface area contributed by atoms with Gasteiger partial charge in [-0.25, -0.2) is 8.78 Å². The predicted octanol–water partition coefficient (Wildman–Crippen LogP) is 2.34. The minimum absolute atomic E-state index is 0.0166. The number of halogens is 2. The number of carbonyl (C=O) groups is 1. The standard InChI is InChI=1S/C13H12F2N2O/c14-11-5-10(6-12(15)7-11)13(18)17-3-1-9(8-16)2-4-17/h5-7,9H,1-4H2. The van der Waals surface area contributed by atoms with Gasteiger partial charge in [0.2, 0.25) is 0 Å². The van der Waals surface area contributed by atoms with Gasteiger partial charge in [-0.2, -0.15) is 5.26 Å². The largest absolute Gasteiger partial charge is 0.339 e. The first-order valence-corrected chi connectivity index (χ1v) is 5.75. The first-order valence-electron chi connectivity index (χ1n) is 5.75. The molecule has 2 rings (SSSR count). The van der Waals surface area contributed by atoms with Crippen molar-refractivity contribution in [2.75, 3.05) is 13.1 Å². The number of nitriles is 1. The van der Waals surface area contributed by atoms with Crippen molar-refractivity contribution in [2.24, 2.45) is 5.92 Å². The predicted molar refractivity (Wildman–Crippen MR) is 60.6 cm³/mol. The topological polar surface area (TPSA) is 44.1 Å². The number of rotatable bonds is 1. The summed E-state index contributed by atoms with van der Waals surface area (Å²) in [5, 5.41) is 8.75. The molecule has 1 saturated heterocycles. The molecule has 0 bridgehead atoms. The number of piperidine rings is 1. The first kappa shape index (κ1) is 12.5. The number of amides is 1. The molecule has 18 heavy (non-hydrogen) atoms. The monoisotopic (exact) mass is 250 g/mol. The molecule has 0 saturated carbocycles. The van der Waals surface area contributed by atoms with Gasteiger partial charge in [-0.3, -0.25) is 4.79 Å². The summed E-state index contributed by atoms with van der Waals surface area (Å²) in [4.78, 5) is 13.5. The molecule has 1 aliphatic rings. The highest BCUT2D eigenvalue weighted by atomic mass is 19.1. The second-order valence-electron chi connectivity index (χ2n) is 4.35. The lowest BCUT2D eigenvalue weighted by atomic mass is 9.98. The molecule has 0 N–H and O–H groups in total. The Hall–Kier alpha value is -1.96. The Morgan fingerprint density at radius 1 is 1.22 bits per heavy atom. The average Bonchev–Trinajstić information content (AvgIpc) is 2.37. The molecule has 1 heterocycles. The van der Waals surface area contributed by atoms with Gasteiger partial charge < -0.3 is 4.90 Å². The summed E-state index contributed by atoms with van der Waals surface area (Å²) in [6.07, 6.45) is 1.22. The Morgan fingerprint density at radius 2 is 1.78 bits per heavy atom. The van der Waals surface area contributed by atoms with Crippen LogP contribution < -0.4 is 0 Å². The van der Waals surface area contributed by atoms with Gasteiger partial charge in [-0.05, 0) is 25.0 Å². The average molecular weight is 250 g/mol. The molecule has 0 spiro atoms. The third kappa shape index (κ3) is 2.65. The fraction of sp³-hybridized carbons (Fsp3) is 0.385. The van der Waals surface area contributed by atoms with Gasteiger partial charge in [-0.15, -0.1) is 0 Å². The van der Waals surface area contributed by atoms with Crippen LogP contribution in [0.2, 0.25) is 0 Å². The molecule has 1 amide bonds. The zero-order valence-corrected chi connectivity index (χ0v) is 9.70. The number of hydrogen-bond acceptors (Lipinski definition) is 2. The summed E-state index contributed by atoms with van der Waals surface area (Å²) >= 11 is 0. The van der Waals surface area contributed by atoms with Crippen LogP contribution in [0.4, 0.5) is 8.78 Å². The second kappa shape index (κ2) is 5.13. The van der Waals surface area contributed by atoms with Crippen LogP contribution >= 0.6 is 0 Å². The van der Waals surface area contributed by atoms with Crippen LogP contribution in [-0.2, 0) is 0 Å². The van der Waals surface area contributed by atoms with E-state index in [0.29, 0.717) is 25.9 Å². The number of hydrogen-bond donors (Lipinski definition) is 0. The van der Waals surface area contributed by atoms with E-state index in [9.17, 15) is 13.6 Å². The van der Waals surface area contributed by atoms with Crippen LogP contribution in [0.5, 0.6) is 0 Å². The van der Waals surface area contributed by atoms with Gasteiger partial charge in [0.05, 0.1) is 6.07 Å². The number of nitrogens with zero attached hydrogens (tertiary/aromatic N) is 2. The van der Waals surface area contributed by atoms with Crippen molar-refractivity contribution in [3.8, 4) is 6.07 Å². The Bertz CT molecular complexity index is 482. The van der Waals surface area contributed by atoms with E-state index in [2.05, 4.69) is 6.07 Å². The number of benzene rings is 1. The van der Waals surface area contributed by atoms with Crippen molar-refractivity contribution in [1.82, 2.24) is 4.90 Å². The molecule has 94 valence electrons. The lowest BCUT2D eigenvalue weighted by Crippen LogP contribution is -2.38. The molecule has 5 heteroatoms. The molecule has 0 unspecified atom stereocenters. The lowest BCUT2D eigenvalue weighted by molar-refractivity contribution is 0.0706. The van der Waals surface area contributed by atoms with E-state index < -0.39 is 11.6 Å². The Balaban J connectivity index is 2.10. The fourth-order valence-electron chi connectivity index (χ4n) is 2.07. The first-order chi connectivity index (χ1) is 8.60. The van der Waals surface area contributed by atoms with Gasteiger partial charge in [0, 0.05) is 30.6 Å². The lowest BCUT2D eigenvalue weighted by Gasteiger charge is -2.29. The summed E-state index contributed by atoms with van der Waals surface area (Å²) in [5.74, 6) is -1.93. The number of carbonyl (C=O) groups excluding carboxylic acids is 1. The van der Waals surface area contributed by atoms with Crippen molar-refractivity contribution in [3.05, 3.63) is 35.4 Å². The van der Waals surface area contributed by atoms with Crippen molar-refractivity contribution in [2.45, 2.75) is 12.8 Å². The van der Waals surface area contributed by atoms with Crippen LogP contribution in [0.1, 0.15) is 23.2 Å². The van der Waals surface area contributed by atoms with Gasteiger partial charge in [-0.1, -0.05) is 0 Å². The summed E-state index contributed by atoms with van der Waals surface area (Å²) in [5.41, 5.74) is 0.0166. The maximum atomic E-state index is 13.0. The molecule has 0 atom stereocenters. The molecule has 1 aliphatic heterocycles. The Morgan fingerprint density at radius 3 is 2.28 bits per heavy atom. The Kier molecular flexibility index (Phi) is 3.56. The maximum Gasteiger partial charge on any atom is 0.254 e. The third-order valence-electron chi connectivity index (χ3n) is 3.07. The van der Waals surface area contributed by atoms with E-state index in [-0.39, 0.29) is 17.4 Å². The van der Waals surface area contributed by atoms with E-state index in [4.69, 9.17) is 5.26 Å². The molecule has 1 fully saturated rings. The zero-order valence-electron chi connectivity index (χ0n) is 9.70. The summed E-state index contributed by atoms with van der Waals surface area (Å²) in [6.45, 7) is 0.907. The fourth-order valence-corrected chi connectivity index (χ4v) is 2.07. The van der Waals surface area contributed by atoms with E-state index in [1.54, 1.807) is 0 Å². The van der Waals surface area contributed by atoms with Crippen LogP contribution in [-0.4, -0.2) is 23.9 Å². The molecule has 1 aromatic rings. The van der Waals surface area contributed by atoms with Crippen molar-refractivity contribution < 1.29 is 13.6 Å². The van der Waals surface area contributed by atoms with Crippen LogP contribution in [0.3, 0.4) is 0 Å². The second-order valence-corrected chi connectivity index (χ2v) is 4.35. The molecule has 0 aromatic heterocycles. The highest BCUT2D eigenvalue weighted by Gasteiger charge is 2.23. The molecular formula is C13H12F2N2O. The third-order valence-corrected chi connectivity index (χ3v) is 3.07. The van der Waals surface area contributed by atoms with Gasteiger partial charge in [0.25, 0.3) is 5.91 Å². The normalized spacial score (nSPS) is 16.4. The Labute approximate surface area is 104 Å².